The van der Waals surface area contributed by atoms with Crippen LogP contribution in [0.2, 0.25) is 0 Å². The van der Waals surface area contributed by atoms with Crippen LogP contribution in [-0.2, 0) is 6.42 Å². The number of oxime groups is 1. The number of rotatable bonds is 0. The lowest BCUT2D eigenvalue weighted by molar-refractivity contribution is 0.318. The van der Waals surface area contributed by atoms with Gasteiger partial charge in [-0.1, -0.05) is 5.16 Å². The van der Waals surface area contributed by atoms with Crippen LogP contribution in [0.3, 0.4) is 0 Å². The van der Waals surface area contributed by atoms with Crippen LogP contribution in [0.25, 0.3) is 0 Å². The van der Waals surface area contributed by atoms with Crippen LogP contribution in [0.1, 0.15) is 16.9 Å². The lowest BCUT2D eigenvalue weighted by atomic mass is 10.2. The van der Waals surface area contributed by atoms with Gasteiger partial charge in [-0.2, -0.15) is 0 Å². The molecule has 1 aliphatic rings. The molecule has 3 heteroatoms. The fraction of sp³-hybridized carbons (Fsp3) is 0.286. The van der Waals surface area contributed by atoms with Gasteiger partial charge in [0.2, 0.25) is 0 Å². The summed E-state index contributed by atoms with van der Waals surface area (Å²) in [5.74, 6) is 0. The number of nitrogens with zero attached hydrogens (tertiary/aromatic N) is 1. The molecule has 0 aliphatic heterocycles. The van der Waals surface area contributed by atoms with Crippen molar-refractivity contribution in [3.8, 4) is 0 Å². The molecule has 1 aromatic rings. The maximum atomic E-state index is 8.52. The van der Waals surface area contributed by atoms with E-state index in [0.717, 1.165) is 24.1 Å². The zero-order valence-corrected chi connectivity index (χ0v) is 6.19. The van der Waals surface area contributed by atoms with Crippen molar-refractivity contribution in [3.05, 3.63) is 21.9 Å². The van der Waals surface area contributed by atoms with Gasteiger partial charge in [-0.25, -0.2) is 0 Å². The predicted molar refractivity (Wildman–Crippen MR) is 41.0 cm³/mol. The molecule has 1 N–H and O–H groups in total. The number of hydrogen-bond acceptors (Lipinski definition) is 3. The fourth-order valence-electron chi connectivity index (χ4n) is 1.26. The molecule has 1 aromatic heterocycles. The highest BCUT2D eigenvalue weighted by atomic mass is 32.1. The minimum atomic E-state index is 0.844. The number of hydrogen-bond donors (Lipinski definition) is 1. The van der Waals surface area contributed by atoms with Crippen LogP contribution in [-0.4, -0.2) is 10.9 Å². The Hall–Kier alpha value is -0.830. The quantitative estimate of drug-likeness (QED) is 0.448. The van der Waals surface area contributed by atoms with Crippen molar-refractivity contribution < 1.29 is 5.21 Å². The van der Waals surface area contributed by atoms with E-state index in [4.69, 9.17) is 5.21 Å². The second kappa shape index (κ2) is 2.09. The van der Waals surface area contributed by atoms with E-state index in [0.29, 0.717) is 0 Å². The maximum Gasteiger partial charge on any atom is 0.0882 e. The van der Waals surface area contributed by atoms with E-state index in [-0.39, 0.29) is 0 Å². The first-order valence-electron chi connectivity index (χ1n) is 3.19. The van der Waals surface area contributed by atoms with Crippen LogP contribution in [0.4, 0.5) is 0 Å². The van der Waals surface area contributed by atoms with Crippen molar-refractivity contribution in [2.75, 3.05) is 0 Å². The molecule has 52 valence electrons. The minimum absolute atomic E-state index is 0.844. The first-order valence-corrected chi connectivity index (χ1v) is 4.07. The summed E-state index contributed by atoms with van der Waals surface area (Å²) in [6, 6.07) is 2.02. The molecule has 0 amide bonds. The van der Waals surface area contributed by atoms with Gasteiger partial charge in [0.25, 0.3) is 0 Å². The third kappa shape index (κ3) is 0.671. The standard InChI is InChI=1S/C7H7NOS/c9-8-6-1-2-7-5(6)3-4-10-7/h3-4,9H,1-2H2/b8-6+. The summed E-state index contributed by atoms with van der Waals surface area (Å²) >= 11 is 1.74. The van der Waals surface area contributed by atoms with Crippen molar-refractivity contribution in [2.24, 2.45) is 5.16 Å². The van der Waals surface area contributed by atoms with Gasteiger partial charge in [0.05, 0.1) is 5.71 Å². The molecular formula is C7H7NOS. The molecule has 1 aliphatic carbocycles. The van der Waals surface area contributed by atoms with Crippen LogP contribution in [0.15, 0.2) is 16.6 Å². The molecule has 0 fully saturated rings. The third-order valence-electron chi connectivity index (χ3n) is 1.77. The summed E-state index contributed by atoms with van der Waals surface area (Å²) in [6.45, 7) is 0. The van der Waals surface area contributed by atoms with Gasteiger partial charge in [0.1, 0.15) is 0 Å². The molecule has 10 heavy (non-hydrogen) atoms. The normalized spacial score (nSPS) is 19.8. The molecule has 0 saturated carbocycles. The Morgan fingerprint density at radius 2 is 2.40 bits per heavy atom. The zero-order chi connectivity index (χ0) is 6.97. The SMILES string of the molecule is O/N=C1\CCc2sccc21. The average Bonchev–Trinajstić information content (AvgIpc) is 2.44. The Labute approximate surface area is 62.8 Å². The molecule has 0 unspecified atom stereocenters. The molecule has 0 spiro atoms. The van der Waals surface area contributed by atoms with Gasteiger partial charge in [-0.05, 0) is 24.3 Å². The van der Waals surface area contributed by atoms with Gasteiger partial charge < -0.3 is 5.21 Å². The van der Waals surface area contributed by atoms with E-state index in [1.807, 2.05) is 11.4 Å². The third-order valence-corrected chi connectivity index (χ3v) is 2.75. The Balaban J connectivity index is 2.53. The number of aryl methyl sites for hydroxylation is 1. The van der Waals surface area contributed by atoms with E-state index in [2.05, 4.69) is 5.16 Å². The van der Waals surface area contributed by atoms with Crippen molar-refractivity contribution >= 4 is 17.0 Å². The zero-order valence-electron chi connectivity index (χ0n) is 5.37. The Morgan fingerprint density at radius 3 is 3.20 bits per heavy atom. The highest BCUT2D eigenvalue weighted by Crippen LogP contribution is 2.26. The number of fused-ring (bicyclic) bond motifs is 1. The molecular weight excluding hydrogens is 146 g/mol. The highest BCUT2D eigenvalue weighted by Gasteiger charge is 2.18. The van der Waals surface area contributed by atoms with Gasteiger partial charge in [0.15, 0.2) is 0 Å². The van der Waals surface area contributed by atoms with Gasteiger partial charge in [0, 0.05) is 10.4 Å². The van der Waals surface area contributed by atoms with Gasteiger partial charge in [-0.15, -0.1) is 11.3 Å². The minimum Gasteiger partial charge on any atom is -0.411 e. The Kier molecular flexibility index (Phi) is 1.24. The molecule has 2 nitrogen and oxygen atoms in total. The summed E-state index contributed by atoms with van der Waals surface area (Å²) < 4.78 is 0. The van der Waals surface area contributed by atoms with Crippen LogP contribution in [0.5, 0.6) is 0 Å². The lowest BCUT2D eigenvalue weighted by Crippen LogP contribution is -1.90. The summed E-state index contributed by atoms with van der Waals surface area (Å²) in [6.07, 6.45) is 1.95. The summed E-state index contributed by atoms with van der Waals surface area (Å²) in [4.78, 5) is 1.35. The van der Waals surface area contributed by atoms with Gasteiger partial charge in [-0.3, -0.25) is 0 Å². The largest absolute Gasteiger partial charge is 0.411 e. The molecule has 0 aromatic carbocycles. The van der Waals surface area contributed by atoms with E-state index >= 15 is 0 Å². The van der Waals surface area contributed by atoms with E-state index in [1.165, 1.54) is 4.88 Å². The lowest BCUT2D eigenvalue weighted by Gasteiger charge is -1.87. The molecule has 1 heterocycles. The monoisotopic (exact) mass is 153 g/mol. The molecule has 0 saturated heterocycles. The molecule has 0 radical (unpaired) electrons. The molecule has 0 atom stereocenters. The number of thiophene rings is 1. The molecule has 2 rings (SSSR count). The maximum absolute atomic E-state index is 8.52. The average molecular weight is 153 g/mol. The first-order chi connectivity index (χ1) is 4.92. The smallest absolute Gasteiger partial charge is 0.0882 e. The van der Waals surface area contributed by atoms with Crippen molar-refractivity contribution in [1.29, 1.82) is 0 Å². The second-order valence-electron chi connectivity index (χ2n) is 2.30. The molecule has 0 bridgehead atoms. The fourth-order valence-corrected chi connectivity index (χ4v) is 2.16. The topological polar surface area (TPSA) is 32.6 Å². The first kappa shape index (κ1) is 5.92. The van der Waals surface area contributed by atoms with Crippen LogP contribution in [0, 0.1) is 0 Å². The van der Waals surface area contributed by atoms with E-state index in [9.17, 15) is 0 Å². The van der Waals surface area contributed by atoms with Crippen molar-refractivity contribution in [3.63, 3.8) is 0 Å². The predicted octanol–water partition coefficient (Wildman–Crippen LogP) is 1.87. The highest BCUT2D eigenvalue weighted by molar-refractivity contribution is 7.10. The van der Waals surface area contributed by atoms with Gasteiger partial charge >= 0.3 is 0 Å². The van der Waals surface area contributed by atoms with E-state index in [1.54, 1.807) is 11.3 Å². The van der Waals surface area contributed by atoms with Crippen molar-refractivity contribution in [2.45, 2.75) is 12.8 Å². The van der Waals surface area contributed by atoms with Crippen LogP contribution < -0.4 is 0 Å². The Bertz CT molecular complexity index is 277. The van der Waals surface area contributed by atoms with Crippen LogP contribution >= 0.6 is 11.3 Å². The summed E-state index contributed by atoms with van der Waals surface area (Å²) in [5, 5.41) is 13.8. The summed E-state index contributed by atoms with van der Waals surface area (Å²) in [7, 11) is 0. The second-order valence-corrected chi connectivity index (χ2v) is 3.30. The van der Waals surface area contributed by atoms with Crippen molar-refractivity contribution in [1.82, 2.24) is 0 Å². The van der Waals surface area contributed by atoms with E-state index < -0.39 is 0 Å². The Morgan fingerprint density at radius 1 is 1.50 bits per heavy atom. The summed E-state index contributed by atoms with van der Waals surface area (Å²) in [5.41, 5.74) is 1.99.